The standard InChI is InChI=1S/C12H14O10S/c13-1-2-20-3-4-21-22-12(16)9-5-8(11(14)15)6-10(7-9)23(17,18)19/h5-7,13H,1-4H2,(H,14,15)(H,17,18,19). The molecule has 0 aliphatic carbocycles. The van der Waals surface area contributed by atoms with Gasteiger partial charge < -0.3 is 14.9 Å². The first-order chi connectivity index (χ1) is 10.8. The second-order valence-electron chi connectivity index (χ2n) is 4.06. The predicted octanol–water partition coefficient (Wildman–Crippen LogP) is -0.271. The van der Waals surface area contributed by atoms with Crippen molar-refractivity contribution >= 4 is 22.1 Å². The van der Waals surface area contributed by atoms with Crippen molar-refractivity contribution in [2.75, 3.05) is 26.4 Å². The van der Waals surface area contributed by atoms with Gasteiger partial charge in [-0.2, -0.15) is 13.3 Å². The number of carbonyl (C=O) groups is 2. The Morgan fingerprint density at radius 2 is 1.70 bits per heavy atom. The van der Waals surface area contributed by atoms with E-state index in [2.05, 4.69) is 9.78 Å². The fourth-order valence-electron chi connectivity index (χ4n) is 1.39. The zero-order chi connectivity index (χ0) is 17.5. The quantitative estimate of drug-likeness (QED) is 0.234. The minimum absolute atomic E-state index is 0.0271. The van der Waals surface area contributed by atoms with E-state index in [9.17, 15) is 18.0 Å². The summed E-state index contributed by atoms with van der Waals surface area (Å²) in [5.74, 6) is -2.65. The lowest BCUT2D eigenvalue weighted by atomic mass is 10.1. The Labute approximate surface area is 130 Å². The Bertz CT molecular complexity index is 666. The van der Waals surface area contributed by atoms with E-state index in [1.165, 1.54) is 0 Å². The van der Waals surface area contributed by atoms with E-state index in [1.807, 2.05) is 0 Å². The van der Waals surface area contributed by atoms with E-state index in [0.29, 0.717) is 6.07 Å². The first kappa shape index (κ1) is 19.0. The Balaban J connectivity index is 2.80. The molecule has 1 rings (SSSR count). The monoisotopic (exact) mass is 350 g/mol. The minimum atomic E-state index is -4.71. The highest BCUT2D eigenvalue weighted by Crippen LogP contribution is 2.16. The van der Waals surface area contributed by atoms with Gasteiger partial charge in [0.25, 0.3) is 10.1 Å². The molecule has 23 heavy (non-hydrogen) atoms. The first-order valence-electron chi connectivity index (χ1n) is 6.14. The maximum absolute atomic E-state index is 11.7. The molecule has 0 saturated heterocycles. The number of hydrogen-bond acceptors (Lipinski definition) is 8. The summed E-state index contributed by atoms with van der Waals surface area (Å²) in [4.78, 5) is 30.7. The highest BCUT2D eigenvalue weighted by molar-refractivity contribution is 7.85. The van der Waals surface area contributed by atoms with E-state index in [-0.39, 0.29) is 26.4 Å². The lowest BCUT2D eigenvalue weighted by molar-refractivity contribution is -0.247. The summed E-state index contributed by atoms with van der Waals surface area (Å²) in [6.07, 6.45) is 0. The fourth-order valence-corrected chi connectivity index (χ4v) is 1.94. The van der Waals surface area contributed by atoms with Crippen molar-refractivity contribution in [3.8, 4) is 0 Å². The molecule has 128 valence electrons. The molecule has 0 aromatic heterocycles. The summed E-state index contributed by atoms with van der Waals surface area (Å²) >= 11 is 0. The number of hydrogen-bond donors (Lipinski definition) is 3. The normalized spacial score (nSPS) is 11.2. The average molecular weight is 350 g/mol. The van der Waals surface area contributed by atoms with Crippen LogP contribution in [0.25, 0.3) is 0 Å². The number of carboxylic acid groups (broad SMARTS) is 1. The van der Waals surface area contributed by atoms with Crippen LogP contribution >= 0.6 is 0 Å². The van der Waals surface area contributed by atoms with Gasteiger partial charge in [-0.1, -0.05) is 0 Å². The van der Waals surface area contributed by atoms with Crippen molar-refractivity contribution in [1.29, 1.82) is 0 Å². The maximum atomic E-state index is 11.7. The SMILES string of the molecule is O=C(O)c1cc(C(=O)OOCCOCCO)cc(S(=O)(=O)O)c1. The zero-order valence-electron chi connectivity index (χ0n) is 11.7. The molecule has 0 aliphatic rings. The summed E-state index contributed by atoms with van der Waals surface area (Å²) in [6.45, 7) is -0.231. The number of aliphatic hydroxyl groups is 1. The highest BCUT2D eigenvalue weighted by atomic mass is 32.2. The number of carboxylic acids is 1. The number of carbonyl (C=O) groups excluding carboxylic acids is 1. The van der Waals surface area contributed by atoms with Crippen LogP contribution in [0.1, 0.15) is 20.7 Å². The second-order valence-corrected chi connectivity index (χ2v) is 5.48. The largest absolute Gasteiger partial charge is 0.478 e. The van der Waals surface area contributed by atoms with Crippen LogP contribution in [0.2, 0.25) is 0 Å². The second kappa shape index (κ2) is 8.55. The molecule has 0 bridgehead atoms. The van der Waals surface area contributed by atoms with Gasteiger partial charge in [0, 0.05) is 0 Å². The predicted molar refractivity (Wildman–Crippen MR) is 72.5 cm³/mol. The van der Waals surface area contributed by atoms with Crippen LogP contribution in [-0.4, -0.2) is 61.5 Å². The minimum Gasteiger partial charge on any atom is -0.478 e. The molecule has 10 nitrogen and oxygen atoms in total. The average Bonchev–Trinajstić information content (AvgIpc) is 2.49. The van der Waals surface area contributed by atoms with Gasteiger partial charge in [0.15, 0.2) is 0 Å². The Morgan fingerprint density at radius 1 is 1.04 bits per heavy atom. The Hall–Kier alpha value is -2.05. The molecule has 0 unspecified atom stereocenters. The molecule has 0 saturated carbocycles. The molecule has 1 aromatic carbocycles. The molecule has 0 atom stereocenters. The van der Waals surface area contributed by atoms with Crippen LogP contribution in [0.3, 0.4) is 0 Å². The number of aromatic carboxylic acids is 1. The van der Waals surface area contributed by atoms with E-state index in [4.69, 9.17) is 19.5 Å². The summed E-state index contributed by atoms with van der Waals surface area (Å²) in [5, 5.41) is 17.3. The molecular formula is C12H14O10S. The van der Waals surface area contributed by atoms with Crippen LogP contribution in [0, 0.1) is 0 Å². The number of aliphatic hydroxyl groups excluding tert-OH is 1. The van der Waals surface area contributed by atoms with Gasteiger partial charge in [-0.05, 0) is 18.2 Å². The van der Waals surface area contributed by atoms with Gasteiger partial charge in [-0.3, -0.25) is 9.44 Å². The van der Waals surface area contributed by atoms with Gasteiger partial charge >= 0.3 is 11.9 Å². The maximum Gasteiger partial charge on any atom is 0.373 e. The van der Waals surface area contributed by atoms with Crippen molar-refractivity contribution < 1.29 is 47.3 Å². The van der Waals surface area contributed by atoms with E-state index < -0.39 is 38.1 Å². The molecule has 1 aromatic rings. The van der Waals surface area contributed by atoms with Crippen LogP contribution in [0.5, 0.6) is 0 Å². The van der Waals surface area contributed by atoms with Crippen molar-refractivity contribution in [3.63, 3.8) is 0 Å². The van der Waals surface area contributed by atoms with Crippen molar-refractivity contribution in [1.82, 2.24) is 0 Å². The third kappa shape index (κ3) is 6.30. The summed E-state index contributed by atoms with van der Waals surface area (Å²) < 4.78 is 36.0. The van der Waals surface area contributed by atoms with Crippen molar-refractivity contribution in [2.24, 2.45) is 0 Å². The molecule has 0 heterocycles. The lowest BCUT2D eigenvalue weighted by Crippen LogP contribution is -2.13. The van der Waals surface area contributed by atoms with Gasteiger partial charge in [-0.15, -0.1) is 0 Å². The molecule has 0 spiro atoms. The molecule has 11 heteroatoms. The van der Waals surface area contributed by atoms with Crippen LogP contribution in [-0.2, 0) is 24.6 Å². The lowest BCUT2D eigenvalue weighted by Gasteiger charge is -2.06. The number of ether oxygens (including phenoxy) is 1. The van der Waals surface area contributed by atoms with Crippen molar-refractivity contribution in [2.45, 2.75) is 4.90 Å². The fraction of sp³-hybridized carbons (Fsp3) is 0.333. The van der Waals surface area contributed by atoms with Gasteiger partial charge in [-0.25, -0.2) is 9.59 Å². The number of rotatable bonds is 9. The van der Waals surface area contributed by atoms with E-state index in [1.54, 1.807) is 0 Å². The van der Waals surface area contributed by atoms with E-state index in [0.717, 1.165) is 12.1 Å². The van der Waals surface area contributed by atoms with E-state index >= 15 is 0 Å². The molecular weight excluding hydrogens is 336 g/mol. The molecule has 3 N–H and O–H groups in total. The molecule has 0 aliphatic heterocycles. The molecule has 0 fully saturated rings. The summed E-state index contributed by atoms with van der Waals surface area (Å²) in [6, 6.07) is 2.30. The Kier molecular flexibility index (Phi) is 7.06. The summed E-state index contributed by atoms with van der Waals surface area (Å²) in [7, 11) is -4.71. The van der Waals surface area contributed by atoms with Crippen LogP contribution in [0.4, 0.5) is 0 Å². The van der Waals surface area contributed by atoms with Gasteiger partial charge in [0.1, 0.15) is 6.61 Å². The van der Waals surface area contributed by atoms with Crippen LogP contribution in [0.15, 0.2) is 23.1 Å². The molecule has 0 radical (unpaired) electrons. The Morgan fingerprint density at radius 3 is 2.26 bits per heavy atom. The van der Waals surface area contributed by atoms with Gasteiger partial charge in [0.05, 0.1) is 35.8 Å². The number of benzene rings is 1. The van der Waals surface area contributed by atoms with Crippen LogP contribution < -0.4 is 0 Å². The van der Waals surface area contributed by atoms with Gasteiger partial charge in [0.2, 0.25) is 0 Å². The third-order valence-corrected chi connectivity index (χ3v) is 3.20. The summed E-state index contributed by atoms with van der Waals surface area (Å²) in [5.41, 5.74) is -0.966. The molecule has 0 amide bonds. The first-order valence-corrected chi connectivity index (χ1v) is 7.58. The topological polar surface area (TPSA) is 157 Å². The third-order valence-electron chi connectivity index (χ3n) is 2.37. The van der Waals surface area contributed by atoms with Crippen molar-refractivity contribution in [3.05, 3.63) is 29.3 Å². The smallest absolute Gasteiger partial charge is 0.373 e. The highest BCUT2D eigenvalue weighted by Gasteiger charge is 2.19. The zero-order valence-corrected chi connectivity index (χ0v) is 12.5.